The number of hydrogen-bond acceptors (Lipinski definition) is 3. The van der Waals surface area contributed by atoms with Crippen LogP contribution in [0, 0.1) is 5.92 Å². The molecule has 0 fully saturated rings. The monoisotopic (exact) mass is 174 g/mol. The number of carbonyl (C=O) groups excluding carboxylic acids is 1. The van der Waals surface area contributed by atoms with Gasteiger partial charge in [0, 0.05) is 0 Å². The molecule has 0 N–H and O–H groups in total. The van der Waals surface area contributed by atoms with Crippen LogP contribution in [0.1, 0.15) is 33.1 Å². The third-order valence-electron chi connectivity index (χ3n) is 1.56. The van der Waals surface area contributed by atoms with Crippen molar-refractivity contribution in [3.8, 4) is 0 Å². The highest BCUT2D eigenvalue weighted by molar-refractivity contribution is 7.78. The Morgan fingerprint density at radius 3 is 2.82 bits per heavy atom. The van der Waals surface area contributed by atoms with E-state index in [2.05, 4.69) is 23.9 Å². The molecule has 11 heavy (non-hydrogen) atoms. The van der Waals surface area contributed by atoms with Crippen LogP contribution in [-0.2, 0) is 9.53 Å². The molecule has 0 bridgehead atoms. The fourth-order valence-electron chi connectivity index (χ4n) is 0.792. The van der Waals surface area contributed by atoms with E-state index in [0.29, 0.717) is 0 Å². The van der Waals surface area contributed by atoms with Crippen molar-refractivity contribution >= 4 is 23.7 Å². The second-order valence-corrected chi connectivity index (χ2v) is 2.77. The highest BCUT2D eigenvalue weighted by Crippen LogP contribution is 2.08. The molecule has 0 aromatic rings. The minimum absolute atomic E-state index is 0.0193. The number of carbonyl (C=O) groups is 1. The van der Waals surface area contributed by atoms with Crippen molar-refractivity contribution in [1.29, 1.82) is 0 Å². The van der Waals surface area contributed by atoms with Gasteiger partial charge in [0.25, 0.3) is 0 Å². The highest BCUT2D eigenvalue weighted by Gasteiger charge is 2.11. The van der Waals surface area contributed by atoms with Crippen molar-refractivity contribution in [3.63, 3.8) is 0 Å². The first-order valence-corrected chi connectivity index (χ1v) is 4.33. The molecular weight excluding hydrogens is 160 g/mol. The summed E-state index contributed by atoms with van der Waals surface area (Å²) < 4.78 is 4.55. The predicted octanol–water partition coefficient (Wildman–Crippen LogP) is 2.31. The summed E-state index contributed by atoms with van der Waals surface area (Å²) in [4.78, 5) is 10.9. The lowest BCUT2D eigenvalue weighted by Crippen LogP contribution is -2.13. The summed E-state index contributed by atoms with van der Waals surface area (Å²) in [6.07, 6.45) is 3.06. The van der Waals surface area contributed by atoms with E-state index in [-0.39, 0.29) is 11.9 Å². The van der Waals surface area contributed by atoms with E-state index in [9.17, 15) is 4.79 Å². The van der Waals surface area contributed by atoms with Gasteiger partial charge in [0.15, 0.2) is 5.55 Å². The summed E-state index contributed by atoms with van der Waals surface area (Å²) in [7, 11) is 0. The fraction of sp³-hybridized carbons (Fsp3) is 0.750. The van der Waals surface area contributed by atoms with Crippen LogP contribution in [0.2, 0.25) is 0 Å². The van der Waals surface area contributed by atoms with E-state index in [1.54, 1.807) is 0 Å². The Morgan fingerprint density at radius 2 is 2.36 bits per heavy atom. The Labute approximate surface area is 72.9 Å². The average Bonchev–Trinajstić information content (AvgIpc) is 2.00. The maximum Gasteiger partial charge on any atom is 0.314 e. The molecule has 0 saturated carbocycles. The molecule has 2 nitrogen and oxygen atoms in total. The second-order valence-electron chi connectivity index (χ2n) is 2.58. The molecule has 0 rings (SSSR count). The van der Waals surface area contributed by atoms with E-state index >= 15 is 0 Å². The molecule has 0 spiro atoms. The summed E-state index contributed by atoms with van der Waals surface area (Å²) in [6, 6.07) is 0. The standard InChI is InChI=1S/C8H14O2S/c1-3-4-5-7(2)8(9)10-6-11/h6-7H,3-5H2,1-2H3. The van der Waals surface area contributed by atoms with Crippen LogP contribution in [0.5, 0.6) is 0 Å². The topological polar surface area (TPSA) is 26.3 Å². The fourth-order valence-corrected chi connectivity index (χ4v) is 0.887. The normalized spacial score (nSPS) is 12.2. The molecule has 0 saturated heterocycles. The van der Waals surface area contributed by atoms with Gasteiger partial charge in [-0.25, -0.2) is 0 Å². The number of unbranched alkanes of at least 4 members (excludes halogenated alkanes) is 1. The van der Waals surface area contributed by atoms with E-state index in [4.69, 9.17) is 0 Å². The second kappa shape index (κ2) is 6.28. The quantitative estimate of drug-likeness (QED) is 0.472. The first-order chi connectivity index (χ1) is 5.22. The lowest BCUT2D eigenvalue weighted by Gasteiger charge is -2.06. The van der Waals surface area contributed by atoms with E-state index < -0.39 is 0 Å². The lowest BCUT2D eigenvalue weighted by molar-refractivity contribution is -0.139. The minimum Gasteiger partial charge on any atom is -0.422 e. The van der Waals surface area contributed by atoms with Crippen molar-refractivity contribution in [1.82, 2.24) is 0 Å². The van der Waals surface area contributed by atoms with Crippen molar-refractivity contribution in [2.75, 3.05) is 0 Å². The SMILES string of the molecule is CCCCC(C)C(=O)OC=S. The zero-order valence-electron chi connectivity index (χ0n) is 7.00. The van der Waals surface area contributed by atoms with E-state index in [1.165, 1.54) is 0 Å². The van der Waals surface area contributed by atoms with Gasteiger partial charge in [-0.2, -0.15) is 0 Å². The van der Waals surface area contributed by atoms with Crippen LogP contribution in [-0.4, -0.2) is 11.5 Å². The highest BCUT2D eigenvalue weighted by atomic mass is 32.1. The van der Waals surface area contributed by atoms with Gasteiger partial charge in [0.2, 0.25) is 0 Å². The molecule has 64 valence electrons. The Balaban J connectivity index is 3.54. The Kier molecular flexibility index (Phi) is 6.03. The third-order valence-corrected chi connectivity index (χ3v) is 1.65. The Bertz CT molecular complexity index is 134. The summed E-state index contributed by atoms with van der Waals surface area (Å²) in [5, 5.41) is 0. The molecule has 0 radical (unpaired) electrons. The van der Waals surface area contributed by atoms with Crippen molar-refractivity contribution in [3.05, 3.63) is 0 Å². The summed E-state index contributed by atoms with van der Waals surface area (Å²) in [5.74, 6) is -0.234. The molecule has 0 aliphatic heterocycles. The number of ether oxygens (including phenoxy) is 1. The minimum atomic E-state index is -0.214. The van der Waals surface area contributed by atoms with E-state index in [0.717, 1.165) is 24.8 Å². The number of hydrogen-bond donors (Lipinski definition) is 0. The maximum atomic E-state index is 10.9. The molecular formula is C8H14O2S. The first kappa shape index (κ1) is 10.6. The molecule has 0 aromatic carbocycles. The van der Waals surface area contributed by atoms with Crippen LogP contribution in [0.25, 0.3) is 0 Å². The molecule has 0 aliphatic carbocycles. The zero-order valence-corrected chi connectivity index (χ0v) is 7.82. The van der Waals surface area contributed by atoms with Crippen molar-refractivity contribution in [2.24, 2.45) is 5.92 Å². The first-order valence-electron chi connectivity index (χ1n) is 3.86. The molecule has 0 heterocycles. The van der Waals surface area contributed by atoms with Crippen LogP contribution >= 0.6 is 12.2 Å². The average molecular weight is 174 g/mol. The van der Waals surface area contributed by atoms with Crippen LogP contribution in [0.4, 0.5) is 0 Å². The Hall–Kier alpha value is -0.440. The van der Waals surface area contributed by atoms with Gasteiger partial charge < -0.3 is 4.74 Å². The summed E-state index contributed by atoms with van der Waals surface area (Å²) >= 11 is 4.39. The maximum absolute atomic E-state index is 10.9. The number of rotatable bonds is 5. The lowest BCUT2D eigenvalue weighted by atomic mass is 10.1. The molecule has 3 heteroatoms. The predicted molar refractivity (Wildman–Crippen MR) is 48.4 cm³/mol. The van der Waals surface area contributed by atoms with Gasteiger partial charge in [-0.1, -0.05) is 26.7 Å². The molecule has 1 atom stereocenters. The molecule has 0 aromatic heterocycles. The largest absolute Gasteiger partial charge is 0.422 e. The number of esters is 1. The van der Waals surface area contributed by atoms with Crippen molar-refractivity contribution < 1.29 is 9.53 Å². The van der Waals surface area contributed by atoms with Crippen molar-refractivity contribution in [2.45, 2.75) is 33.1 Å². The number of thiocarbonyl (C=S) groups is 1. The van der Waals surface area contributed by atoms with Gasteiger partial charge in [0.1, 0.15) is 0 Å². The smallest absolute Gasteiger partial charge is 0.314 e. The van der Waals surface area contributed by atoms with Crippen LogP contribution in [0.15, 0.2) is 0 Å². The van der Waals surface area contributed by atoms with Crippen LogP contribution in [0.3, 0.4) is 0 Å². The van der Waals surface area contributed by atoms with Gasteiger partial charge in [-0.15, -0.1) is 0 Å². The molecule has 0 aliphatic rings. The van der Waals surface area contributed by atoms with Gasteiger partial charge in [-0.05, 0) is 18.6 Å². The van der Waals surface area contributed by atoms with Gasteiger partial charge in [-0.3, -0.25) is 4.79 Å². The summed E-state index contributed by atoms with van der Waals surface area (Å²) in [6.45, 7) is 3.95. The molecule has 0 amide bonds. The summed E-state index contributed by atoms with van der Waals surface area (Å²) in [5.41, 5.74) is 1.02. The Morgan fingerprint density at radius 1 is 1.73 bits per heavy atom. The molecule has 1 unspecified atom stereocenters. The van der Waals surface area contributed by atoms with Crippen LogP contribution < -0.4 is 0 Å². The third kappa shape index (κ3) is 4.90. The zero-order chi connectivity index (χ0) is 8.69. The van der Waals surface area contributed by atoms with Gasteiger partial charge in [0.05, 0.1) is 5.92 Å². The van der Waals surface area contributed by atoms with E-state index in [1.807, 2.05) is 6.92 Å². The van der Waals surface area contributed by atoms with Gasteiger partial charge >= 0.3 is 5.97 Å².